The van der Waals surface area contributed by atoms with Gasteiger partial charge in [-0.05, 0) is 54.5 Å². The van der Waals surface area contributed by atoms with Gasteiger partial charge < -0.3 is 10.4 Å². The standard InChI is InChI=1S/C14H24BrN3O/c1-10-4-6-14(9-19,7-5-10)16-8-12-13(15)11(2)17-18(12)3/h10,16,19H,4-9H2,1-3H3. The Morgan fingerprint density at radius 1 is 1.47 bits per heavy atom. The summed E-state index contributed by atoms with van der Waals surface area (Å²) in [5.41, 5.74) is 2.04. The highest BCUT2D eigenvalue weighted by molar-refractivity contribution is 9.10. The monoisotopic (exact) mass is 329 g/mol. The Morgan fingerprint density at radius 2 is 2.11 bits per heavy atom. The number of halogens is 1. The van der Waals surface area contributed by atoms with Gasteiger partial charge in [0, 0.05) is 19.1 Å². The van der Waals surface area contributed by atoms with Crippen molar-refractivity contribution in [1.82, 2.24) is 15.1 Å². The minimum atomic E-state index is -0.107. The van der Waals surface area contributed by atoms with E-state index in [2.05, 4.69) is 33.3 Å². The predicted molar refractivity (Wildman–Crippen MR) is 79.9 cm³/mol. The second kappa shape index (κ2) is 5.94. The fourth-order valence-electron chi connectivity index (χ4n) is 2.85. The third-order valence-corrected chi connectivity index (χ3v) is 5.46. The van der Waals surface area contributed by atoms with Crippen molar-refractivity contribution in [3.8, 4) is 0 Å². The molecule has 1 aromatic heterocycles. The van der Waals surface area contributed by atoms with Crippen LogP contribution in [0.25, 0.3) is 0 Å². The van der Waals surface area contributed by atoms with E-state index in [0.717, 1.165) is 41.2 Å². The summed E-state index contributed by atoms with van der Waals surface area (Å²) in [7, 11) is 1.96. The SMILES string of the molecule is Cc1nn(C)c(CNC2(CO)CCC(C)CC2)c1Br. The molecule has 0 bridgehead atoms. The Balaban J connectivity index is 2.04. The minimum absolute atomic E-state index is 0.107. The van der Waals surface area contributed by atoms with Crippen LogP contribution in [-0.2, 0) is 13.6 Å². The Kier molecular flexibility index (Phi) is 4.69. The first-order chi connectivity index (χ1) is 8.97. The van der Waals surface area contributed by atoms with E-state index in [0.29, 0.717) is 0 Å². The molecule has 1 aliphatic carbocycles. The number of nitrogens with zero attached hydrogens (tertiary/aromatic N) is 2. The maximum Gasteiger partial charge on any atom is 0.0739 e. The second-order valence-corrected chi connectivity index (χ2v) is 6.74. The van der Waals surface area contributed by atoms with Crippen LogP contribution in [0.3, 0.4) is 0 Å². The van der Waals surface area contributed by atoms with Gasteiger partial charge in [-0.25, -0.2) is 0 Å². The van der Waals surface area contributed by atoms with Crippen molar-refractivity contribution in [3.63, 3.8) is 0 Å². The summed E-state index contributed by atoms with van der Waals surface area (Å²) in [5, 5.41) is 17.7. The summed E-state index contributed by atoms with van der Waals surface area (Å²) >= 11 is 3.59. The Hall–Kier alpha value is -0.390. The highest BCUT2D eigenvalue weighted by Gasteiger charge is 2.33. The van der Waals surface area contributed by atoms with Crippen LogP contribution in [0.2, 0.25) is 0 Å². The van der Waals surface area contributed by atoms with Crippen LogP contribution < -0.4 is 5.32 Å². The van der Waals surface area contributed by atoms with Gasteiger partial charge in [0.1, 0.15) is 0 Å². The van der Waals surface area contributed by atoms with Gasteiger partial charge in [0.05, 0.1) is 22.5 Å². The van der Waals surface area contributed by atoms with Gasteiger partial charge in [0.15, 0.2) is 0 Å². The molecule has 19 heavy (non-hydrogen) atoms. The quantitative estimate of drug-likeness (QED) is 0.892. The average Bonchev–Trinajstić information content (AvgIpc) is 2.64. The molecular formula is C14H24BrN3O. The molecule has 1 saturated carbocycles. The van der Waals surface area contributed by atoms with Crippen LogP contribution in [0, 0.1) is 12.8 Å². The van der Waals surface area contributed by atoms with Crippen molar-refractivity contribution >= 4 is 15.9 Å². The third kappa shape index (κ3) is 3.20. The van der Waals surface area contributed by atoms with Gasteiger partial charge in [0.25, 0.3) is 0 Å². The smallest absolute Gasteiger partial charge is 0.0739 e. The van der Waals surface area contributed by atoms with Crippen LogP contribution in [0.15, 0.2) is 4.47 Å². The van der Waals surface area contributed by atoms with Crippen molar-refractivity contribution < 1.29 is 5.11 Å². The molecule has 2 N–H and O–H groups in total. The number of hydrogen-bond donors (Lipinski definition) is 2. The molecule has 0 spiro atoms. The summed E-state index contributed by atoms with van der Waals surface area (Å²) in [4.78, 5) is 0. The molecule has 0 amide bonds. The topological polar surface area (TPSA) is 50.1 Å². The van der Waals surface area contributed by atoms with Gasteiger partial charge in [-0.3, -0.25) is 4.68 Å². The van der Waals surface area contributed by atoms with E-state index in [1.54, 1.807) is 0 Å². The van der Waals surface area contributed by atoms with Crippen LogP contribution >= 0.6 is 15.9 Å². The van der Waals surface area contributed by atoms with E-state index in [9.17, 15) is 5.11 Å². The Morgan fingerprint density at radius 3 is 2.58 bits per heavy atom. The van der Waals surface area contributed by atoms with E-state index in [1.807, 2.05) is 18.7 Å². The summed E-state index contributed by atoms with van der Waals surface area (Å²) in [6.45, 7) is 5.25. The molecule has 2 rings (SSSR count). The lowest BCUT2D eigenvalue weighted by Gasteiger charge is -2.39. The first-order valence-electron chi connectivity index (χ1n) is 7.01. The lowest BCUT2D eigenvalue weighted by molar-refractivity contribution is 0.103. The molecule has 4 nitrogen and oxygen atoms in total. The molecule has 1 fully saturated rings. The lowest BCUT2D eigenvalue weighted by atomic mass is 9.77. The van der Waals surface area contributed by atoms with Gasteiger partial charge in [0.2, 0.25) is 0 Å². The highest BCUT2D eigenvalue weighted by Crippen LogP contribution is 2.32. The Labute approximate surface area is 123 Å². The summed E-state index contributed by atoms with van der Waals surface area (Å²) in [6, 6.07) is 0. The first-order valence-corrected chi connectivity index (χ1v) is 7.80. The summed E-state index contributed by atoms with van der Waals surface area (Å²) < 4.78 is 2.97. The van der Waals surface area contributed by atoms with Gasteiger partial charge in [-0.15, -0.1) is 0 Å². The second-order valence-electron chi connectivity index (χ2n) is 5.94. The number of aliphatic hydroxyl groups excluding tert-OH is 1. The molecule has 0 aromatic carbocycles. The van der Waals surface area contributed by atoms with Crippen molar-refractivity contribution in [3.05, 3.63) is 15.9 Å². The number of aliphatic hydroxyl groups is 1. The largest absolute Gasteiger partial charge is 0.394 e. The maximum atomic E-state index is 9.75. The summed E-state index contributed by atoms with van der Waals surface area (Å²) in [5.74, 6) is 0.784. The van der Waals surface area contributed by atoms with E-state index in [1.165, 1.54) is 12.8 Å². The van der Waals surface area contributed by atoms with Crippen molar-refractivity contribution in [2.45, 2.75) is 51.6 Å². The van der Waals surface area contributed by atoms with Crippen molar-refractivity contribution in [2.24, 2.45) is 13.0 Å². The van der Waals surface area contributed by atoms with Gasteiger partial charge in [-0.1, -0.05) is 6.92 Å². The predicted octanol–water partition coefficient (Wildman–Crippen LogP) is 2.52. The third-order valence-electron chi connectivity index (χ3n) is 4.43. The molecule has 108 valence electrons. The van der Waals surface area contributed by atoms with E-state index >= 15 is 0 Å². The number of aryl methyl sites for hydroxylation is 2. The molecule has 0 radical (unpaired) electrons. The van der Waals surface area contributed by atoms with Crippen molar-refractivity contribution in [2.75, 3.05) is 6.61 Å². The molecule has 1 aromatic rings. The van der Waals surface area contributed by atoms with Crippen LogP contribution in [0.1, 0.15) is 44.0 Å². The molecular weight excluding hydrogens is 306 g/mol. The fourth-order valence-corrected chi connectivity index (χ4v) is 3.32. The molecule has 1 heterocycles. The Bertz CT molecular complexity index is 436. The minimum Gasteiger partial charge on any atom is -0.394 e. The number of rotatable bonds is 4. The van der Waals surface area contributed by atoms with Crippen molar-refractivity contribution in [1.29, 1.82) is 0 Å². The van der Waals surface area contributed by atoms with Gasteiger partial charge in [-0.2, -0.15) is 5.10 Å². The normalized spacial score (nSPS) is 27.7. The van der Waals surface area contributed by atoms with Crippen LogP contribution in [0.5, 0.6) is 0 Å². The van der Waals surface area contributed by atoms with E-state index in [-0.39, 0.29) is 12.1 Å². The molecule has 1 aliphatic rings. The van der Waals surface area contributed by atoms with Crippen LogP contribution in [-0.4, -0.2) is 27.0 Å². The first kappa shape index (κ1) is 15.0. The number of nitrogens with one attached hydrogen (secondary N) is 1. The zero-order valence-corrected chi connectivity index (χ0v) is 13.6. The fraction of sp³-hybridized carbons (Fsp3) is 0.786. The van der Waals surface area contributed by atoms with E-state index in [4.69, 9.17) is 0 Å². The van der Waals surface area contributed by atoms with E-state index < -0.39 is 0 Å². The number of hydrogen-bond acceptors (Lipinski definition) is 3. The zero-order chi connectivity index (χ0) is 14.0. The molecule has 0 atom stereocenters. The molecule has 0 saturated heterocycles. The van der Waals surface area contributed by atoms with Gasteiger partial charge >= 0.3 is 0 Å². The average molecular weight is 330 g/mol. The highest BCUT2D eigenvalue weighted by atomic mass is 79.9. The van der Waals surface area contributed by atoms with Crippen LogP contribution in [0.4, 0.5) is 0 Å². The lowest BCUT2D eigenvalue weighted by Crippen LogP contribution is -2.50. The molecule has 0 unspecified atom stereocenters. The number of aromatic nitrogens is 2. The maximum absolute atomic E-state index is 9.75. The molecule has 5 heteroatoms. The zero-order valence-electron chi connectivity index (χ0n) is 12.0. The molecule has 0 aliphatic heterocycles. The summed E-state index contributed by atoms with van der Waals surface area (Å²) in [6.07, 6.45) is 4.50.